The quantitative estimate of drug-likeness (QED) is 0.242. The van der Waals surface area contributed by atoms with E-state index < -0.39 is 22.5 Å². The zero-order valence-electron chi connectivity index (χ0n) is 23.3. The molecule has 3 rings (SSSR count). The van der Waals surface area contributed by atoms with Crippen molar-refractivity contribution in [3.05, 3.63) is 66.2 Å². The Morgan fingerprint density at radius 3 is 2.05 bits per heavy atom. The van der Waals surface area contributed by atoms with Crippen LogP contribution in [-0.4, -0.2) is 61.6 Å². The molecule has 40 heavy (non-hydrogen) atoms. The predicted molar refractivity (Wildman–Crippen MR) is 152 cm³/mol. The lowest BCUT2D eigenvalue weighted by Gasteiger charge is -2.26. The number of sulfonamides is 1. The highest BCUT2D eigenvalue weighted by atomic mass is 32.2. The van der Waals surface area contributed by atoms with Crippen molar-refractivity contribution in [2.45, 2.75) is 18.7 Å². The van der Waals surface area contributed by atoms with Gasteiger partial charge in [-0.2, -0.15) is 5.10 Å². The lowest BCUT2D eigenvalue weighted by atomic mass is 10.1. The summed E-state index contributed by atoms with van der Waals surface area (Å²) < 4.78 is 55.5. The van der Waals surface area contributed by atoms with Gasteiger partial charge in [-0.05, 0) is 67.9 Å². The molecule has 214 valence electrons. The van der Waals surface area contributed by atoms with E-state index >= 15 is 0 Å². The summed E-state index contributed by atoms with van der Waals surface area (Å²) in [4.78, 5) is 13.0. The number of methoxy groups -OCH3 is 4. The number of rotatable bonds is 13. The normalized spacial score (nSPS) is 11.4. The molecule has 3 aromatic carbocycles. The Morgan fingerprint density at radius 2 is 1.45 bits per heavy atom. The first-order chi connectivity index (χ1) is 19.2. The van der Waals surface area contributed by atoms with E-state index in [0.717, 1.165) is 9.87 Å². The van der Waals surface area contributed by atoms with E-state index in [1.165, 1.54) is 52.7 Å². The SMILES string of the molecule is CCOc1ccc(/C(C)=N\NC(=O)CN(c2cc(OC)ccc2OC)S(=O)(=O)c2ccc(OC)c(OC)c2)cc1. The number of anilines is 1. The summed E-state index contributed by atoms with van der Waals surface area (Å²) in [6, 6.07) is 16.0. The van der Waals surface area contributed by atoms with Crippen LogP contribution in [-0.2, 0) is 14.8 Å². The van der Waals surface area contributed by atoms with Crippen LogP contribution in [0.3, 0.4) is 0 Å². The average Bonchev–Trinajstić information content (AvgIpc) is 2.98. The van der Waals surface area contributed by atoms with Crippen LogP contribution in [0.4, 0.5) is 5.69 Å². The molecule has 0 bridgehead atoms. The maximum Gasteiger partial charge on any atom is 0.265 e. The van der Waals surface area contributed by atoms with Crippen LogP contribution in [0.15, 0.2) is 70.7 Å². The number of hydrazone groups is 1. The van der Waals surface area contributed by atoms with Gasteiger partial charge < -0.3 is 23.7 Å². The first-order valence-electron chi connectivity index (χ1n) is 12.2. The van der Waals surface area contributed by atoms with Crippen molar-refractivity contribution in [3.8, 4) is 28.7 Å². The lowest BCUT2D eigenvalue weighted by Crippen LogP contribution is -2.40. The van der Waals surface area contributed by atoms with Crippen LogP contribution in [0.25, 0.3) is 0 Å². The van der Waals surface area contributed by atoms with E-state index in [0.29, 0.717) is 29.6 Å². The summed E-state index contributed by atoms with van der Waals surface area (Å²) in [7, 11) is 1.36. The number of carbonyl (C=O) groups is 1. The molecule has 0 fully saturated rings. The summed E-state index contributed by atoms with van der Waals surface area (Å²) in [5.74, 6) is 1.18. The molecular weight excluding hydrogens is 538 g/mol. The second-order valence-corrected chi connectivity index (χ2v) is 10.1. The summed E-state index contributed by atoms with van der Waals surface area (Å²) in [6.45, 7) is 3.55. The number of nitrogens with zero attached hydrogens (tertiary/aromatic N) is 2. The molecule has 12 heteroatoms. The smallest absolute Gasteiger partial charge is 0.265 e. The number of hydrogen-bond acceptors (Lipinski definition) is 9. The Labute approximate surface area is 234 Å². The number of benzene rings is 3. The Hall–Kier alpha value is -4.45. The van der Waals surface area contributed by atoms with Crippen LogP contribution >= 0.6 is 0 Å². The second kappa shape index (κ2) is 13.6. The molecule has 0 aromatic heterocycles. The molecule has 0 saturated carbocycles. The van der Waals surface area contributed by atoms with E-state index in [4.69, 9.17) is 23.7 Å². The number of hydrogen-bond donors (Lipinski definition) is 1. The van der Waals surface area contributed by atoms with E-state index in [-0.39, 0.29) is 22.1 Å². The summed E-state index contributed by atoms with van der Waals surface area (Å²) in [6.07, 6.45) is 0. The van der Waals surface area contributed by atoms with Crippen molar-refractivity contribution in [2.24, 2.45) is 5.10 Å². The fourth-order valence-corrected chi connectivity index (χ4v) is 5.17. The lowest BCUT2D eigenvalue weighted by molar-refractivity contribution is -0.119. The standard InChI is InChI=1S/C28H33N3O8S/c1-7-39-21-10-8-20(9-11-21)19(2)29-30-28(32)18-31(24-16-22(35-3)12-14-25(24)36-4)40(33,34)23-13-15-26(37-5)27(17-23)38-6/h8-17H,7,18H2,1-6H3,(H,30,32)/b29-19-. The molecule has 0 spiro atoms. The molecule has 3 aromatic rings. The van der Waals surface area contributed by atoms with Crippen molar-refractivity contribution in [1.82, 2.24) is 5.43 Å². The monoisotopic (exact) mass is 571 g/mol. The minimum absolute atomic E-state index is 0.0963. The van der Waals surface area contributed by atoms with Crippen LogP contribution in [0.5, 0.6) is 28.7 Å². The van der Waals surface area contributed by atoms with Gasteiger partial charge in [0.1, 0.15) is 23.8 Å². The number of carbonyl (C=O) groups excluding carboxylic acids is 1. The predicted octanol–water partition coefficient (Wildman–Crippen LogP) is 3.86. The van der Waals surface area contributed by atoms with Gasteiger partial charge in [-0.25, -0.2) is 13.8 Å². The number of ether oxygens (including phenoxy) is 5. The van der Waals surface area contributed by atoms with Gasteiger partial charge in [0, 0.05) is 12.1 Å². The molecule has 0 radical (unpaired) electrons. The van der Waals surface area contributed by atoms with Gasteiger partial charge in [0.25, 0.3) is 15.9 Å². The molecule has 0 aliphatic rings. The molecule has 0 saturated heterocycles. The summed E-state index contributed by atoms with van der Waals surface area (Å²) in [5.41, 5.74) is 3.82. The third kappa shape index (κ3) is 6.94. The van der Waals surface area contributed by atoms with Crippen molar-refractivity contribution in [3.63, 3.8) is 0 Å². The van der Waals surface area contributed by atoms with Gasteiger partial charge in [0.2, 0.25) is 0 Å². The minimum atomic E-state index is -4.33. The Kier molecular flexibility index (Phi) is 10.2. The molecule has 0 aliphatic heterocycles. The molecule has 11 nitrogen and oxygen atoms in total. The topological polar surface area (TPSA) is 125 Å². The molecule has 0 heterocycles. The first-order valence-corrected chi connectivity index (χ1v) is 13.7. The van der Waals surface area contributed by atoms with Crippen molar-refractivity contribution in [2.75, 3.05) is 45.9 Å². The van der Waals surface area contributed by atoms with Crippen LogP contribution in [0, 0.1) is 0 Å². The fourth-order valence-electron chi connectivity index (χ4n) is 3.73. The molecule has 1 amide bonds. The zero-order chi connectivity index (χ0) is 29.3. The largest absolute Gasteiger partial charge is 0.497 e. The molecule has 0 unspecified atom stereocenters. The van der Waals surface area contributed by atoms with Gasteiger partial charge in [-0.3, -0.25) is 9.10 Å². The number of amides is 1. The number of nitrogens with one attached hydrogen (secondary N) is 1. The maximum atomic E-state index is 14.0. The Bertz CT molecular complexity index is 1460. The van der Waals surface area contributed by atoms with Crippen LogP contribution < -0.4 is 33.4 Å². The van der Waals surface area contributed by atoms with Crippen LogP contribution in [0.1, 0.15) is 19.4 Å². The third-order valence-corrected chi connectivity index (χ3v) is 7.57. The molecule has 1 N–H and O–H groups in total. The van der Waals surface area contributed by atoms with E-state index in [2.05, 4.69) is 10.5 Å². The Balaban J connectivity index is 1.98. The summed E-state index contributed by atoms with van der Waals surface area (Å²) in [5, 5.41) is 4.16. The minimum Gasteiger partial charge on any atom is -0.497 e. The van der Waals surface area contributed by atoms with Crippen molar-refractivity contribution in [1.29, 1.82) is 0 Å². The van der Waals surface area contributed by atoms with E-state index in [1.807, 2.05) is 19.1 Å². The average molecular weight is 572 g/mol. The van der Waals surface area contributed by atoms with Crippen molar-refractivity contribution < 1.29 is 36.9 Å². The van der Waals surface area contributed by atoms with E-state index in [9.17, 15) is 13.2 Å². The third-order valence-electron chi connectivity index (χ3n) is 5.82. The highest BCUT2D eigenvalue weighted by molar-refractivity contribution is 7.92. The maximum absolute atomic E-state index is 14.0. The highest BCUT2D eigenvalue weighted by Gasteiger charge is 2.31. The van der Waals surface area contributed by atoms with Crippen LogP contribution in [0.2, 0.25) is 0 Å². The van der Waals surface area contributed by atoms with Gasteiger partial charge in [0.15, 0.2) is 11.5 Å². The zero-order valence-corrected chi connectivity index (χ0v) is 24.1. The van der Waals surface area contributed by atoms with Gasteiger partial charge in [-0.15, -0.1) is 0 Å². The molecular formula is C28H33N3O8S. The van der Waals surface area contributed by atoms with Crippen molar-refractivity contribution >= 4 is 27.3 Å². The molecule has 0 atom stereocenters. The van der Waals surface area contributed by atoms with Gasteiger partial charge >= 0.3 is 0 Å². The summed E-state index contributed by atoms with van der Waals surface area (Å²) >= 11 is 0. The fraction of sp³-hybridized carbons (Fsp3) is 0.286. The first kappa shape index (κ1) is 30.1. The Morgan fingerprint density at radius 1 is 0.825 bits per heavy atom. The van der Waals surface area contributed by atoms with Gasteiger partial charge in [0.05, 0.1) is 51.3 Å². The van der Waals surface area contributed by atoms with E-state index in [1.54, 1.807) is 31.2 Å². The van der Waals surface area contributed by atoms with Gasteiger partial charge in [-0.1, -0.05) is 0 Å². The second-order valence-electron chi connectivity index (χ2n) is 8.26. The molecule has 0 aliphatic carbocycles. The highest BCUT2D eigenvalue weighted by Crippen LogP contribution is 2.37.